The first-order valence-corrected chi connectivity index (χ1v) is 6.46. The third kappa shape index (κ3) is 2.51. The van der Waals surface area contributed by atoms with Gasteiger partial charge in [-0.3, -0.25) is 5.10 Å². The smallest absolute Gasteiger partial charge is 0.149 e. The second kappa shape index (κ2) is 5.02. The maximum absolute atomic E-state index is 6.29. The fourth-order valence-electron chi connectivity index (χ4n) is 2.04. The van der Waals surface area contributed by atoms with Gasteiger partial charge in [0.1, 0.15) is 5.82 Å². The summed E-state index contributed by atoms with van der Waals surface area (Å²) >= 11 is 6.29. The lowest BCUT2D eigenvalue weighted by molar-refractivity contribution is 0.649. The minimum atomic E-state index is 0.521. The molecule has 0 aliphatic carbocycles. The van der Waals surface area contributed by atoms with Gasteiger partial charge in [-0.05, 0) is 30.9 Å². The Labute approximate surface area is 112 Å². The minimum Gasteiger partial charge on any atom is -0.382 e. The molecule has 0 aliphatic heterocycles. The zero-order chi connectivity index (χ0) is 13.3. The Morgan fingerprint density at radius 1 is 1.39 bits per heavy atom. The van der Waals surface area contributed by atoms with Gasteiger partial charge in [0.05, 0.1) is 10.7 Å². The van der Waals surface area contributed by atoms with Gasteiger partial charge in [-0.1, -0.05) is 37.6 Å². The summed E-state index contributed by atoms with van der Waals surface area (Å²) in [5, 5.41) is 7.83. The van der Waals surface area contributed by atoms with Crippen molar-refractivity contribution in [3.05, 3.63) is 34.3 Å². The molecule has 3 nitrogen and oxygen atoms in total. The molecule has 0 fully saturated rings. The molecule has 1 aromatic carbocycles. The monoisotopic (exact) mass is 263 g/mol. The molecule has 2 rings (SSSR count). The third-order valence-corrected chi connectivity index (χ3v) is 3.22. The zero-order valence-corrected chi connectivity index (χ0v) is 11.7. The third-order valence-electron chi connectivity index (χ3n) is 2.91. The van der Waals surface area contributed by atoms with Crippen LogP contribution in [0.3, 0.4) is 0 Å². The molecule has 0 spiro atoms. The topological polar surface area (TPSA) is 54.7 Å². The largest absolute Gasteiger partial charge is 0.382 e. The van der Waals surface area contributed by atoms with E-state index in [1.807, 2.05) is 25.1 Å². The predicted octanol–water partition coefficient (Wildman–Crippen LogP) is 3.82. The Morgan fingerprint density at radius 3 is 2.72 bits per heavy atom. The van der Waals surface area contributed by atoms with Gasteiger partial charge in [-0.15, -0.1) is 0 Å². The van der Waals surface area contributed by atoms with Crippen LogP contribution in [0.4, 0.5) is 5.82 Å². The molecule has 0 atom stereocenters. The van der Waals surface area contributed by atoms with Gasteiger partial charge in [0, 0.05) is 11.1 Å². The second-order valence-electron chi connectivity index (χ2n) is 5.04. The molecular weight excluding hydrogens is 246 g/mol. The number of aromatic nitrogens is 2. The standard InChI is InChI=1S/C14H18ClN3/c1-8(2)6-11-13(17-18-14(11)16)10-5-4-9(3)7-12(10)15/h4-5,7-8H,6H2,1-3H3,(H3,16,17,18). The van der Waals surface area contributed by atoms with Crippen LogP contribution < -0.4 is 5.73 Å². The highest BCUT2D eigenvalue weighted by molar-refractivity contribution is 6.33. The van der Waals surface area contributed by atoms with E-state index in [1.54, 1.807) is 0 Å². The number of rotatable bonds is 3. The van der Waals surface area contributed by atoms with Gasteiger partial charge in [-0.25, -0.2) is 0 Å². The molecule has 0 bridgehead atoms. The first-order valence-electron chi connectivity index (χ1n) is 6.08. The fourth-order valence-corrected chi connectivity index (χ4v) is 2.37. The van der Waals surface area contributed by atoms with Gasteiger partial charge < -0.3 is 5.73 Å². The highest BCUT2D eigenvalue weighted by Gasteiger charge is 2.16. The number of aromatic amines is 1. The summed E-state index contributed by atoms with van der Waals surface area (Å²) in [4.78, 5) is 0. The molecule has 2 aromatic rings. The van der Waals surface area contributed by atoms with Crippen LogP contribution in [0, 0.1) is 12.8 Å². The number of nitrogens with zero attached hydrogens (tertiary/aromatic N) is 1. The maximum Gasteiger partial charge on any atom is 0.149 e. The lowest BCUT2D eigenvalue weighted by Crippen LogP contribution is -1.99. The SMILES string of the molecule is Cc1ccc(-c2[nH]nc(N)c2CC(C)C)c(Cl)c1. The van der Waals surface area contributed by atoms with E-state index in [4.69, 9.17) is 17.3 Å². The molecule has 1 heterocycles. The van der Waals surface area contributed by atoms with Crippen molar-refractivity contribution in [2.75, 3.05) is 5.73 Å². The van der Waals surface area contributed by atoms with Gasteiger partial charge in [0.15, 0.2) is 0 Å². The summed E-state index contributed by atoms with van der Waals surface area (Å²) in [6.07, 6.45) is 0.891. The van der Waals surface area contributed by atoms with Crippen LogP contribution in [0.5, 0.6) is 0 Å². The first-order chi connectivity index (χ1) is 8.49. The van der Waals surface area contributed by atoms with Crippen LogP contribution in [0.2, 0.25) is 5.02 Å². The van der Waals surface area contributed by atoms with Gasteiger partial charge in [-0.2, -0.15) is 5.10 Å². The van der Waals surface area contributed by atoms with E-state index in [2.05, 4.69) is 24.0 Å². The van der Waals surface area contributed by atoms with Gasteiger partial charge in [0.25, 0.3) is 0 Å². The molecule has 96 valence electrons. The average Bonchev–Trinajstić information content (AvgIpc) is 2.60. The zero-order valence-electron chi connectivity index (χ0n) is 10.9. The molecule has 0 saturated heterocycles. The van der Waals surface area contributed by atoms with E-state index in [0.29, 0.717) is 11.7 Å². The Kier molecular flexibility index (Phi) is 3.62. The van der Waals surface area contributed by atoms with E-state index in [-0.39, 0.29) is 0 Å². The fraction of sp³-hybridized carbons (Fsp3) is 0.357. The number of nitrogens with two attached hydrogens (primary N) is 1. The Balaban J connectivity index is 2.50. The molecule has 3 N–H and O–H groups in total. The van der Waals surface area contributed by atoms with Gasteiger partial charge >= 0.3 is 0 Å². The summed E-state index contributed by atoms with van der Waals surface area (Å²) in [5.41, 5.74) is 10.0. The molecular formula is C14H18ClN3. The van der Waals surface area contributed by atoms with Crippen molar-refractivity contribution in [1.29, 1.82) is 0 Å². The molecule has 0 amide bonds. The van der Waals surface area contributed by atoms with Gasteiger partial charge in [0.2, 0.25) is 0 Å². The lowest BCUT2D eigenvalue weighted by Gasteiger charge is -2.09. The Hall–Kier alpha value is -1.48. The van der Waals surface area contributed by atoms with Crippen LogP contribution in [0.15, 0.2) is 18.2 Å². The molecule has 4 heteroatoms. The van der Waals surface area contributed by atoms with Crippen molar-refractivity contribution in [2.24, 2.45) is 5.92 Å². The highest BCUT2D eigenvalue weighted by atomic mass is 35.5. The van der Waals surface area contributed by atoms with Crippen LogP contribution in [0.1, 0.15) is 25.0 Å². The number of hydrogen-bond acceptors (Lipinski definition) is 2. The van der Waals surface area contributed by atoms with E-state index in [1.165, 1.54) is 0 Å². The van der Waals surface area contributed by atoms with Crippen LogP contribution in [0.25, 0.3) is 11.3 Å². The number of anilines is 1. The number of aryl methyl sites for hydroxylation is 1. The molecule has 0 unspecified atom stereocenters. The van der Waals surface area contributed by atoms with E-state index in [0.717, 1.165) is 33.8 Å². The lowest BCUT2D eigenvalue weighted by atomic mass is 9.98. The predicted molar refractivity (Wildman–Crippen MR) is 76.7 cm³/mol. The normalized spacial score (nSPS) is 11.2. The Morgan fingerprint density at radius 2 is 2.11 bits per heavy atom. The Bertz CT molecular complexity index is 558. The quantitative estimate of drug-likeness (QED) is 0.885. The maximum atomic E-state index is 6.29. The average molecular weight is 264 g/mol. The molecule has 18 heavy (non-hydrogen) atoms. The van der Waals surface area contributed by atoms with Crippen LogP contribution >= 0.6 is 11.6 Å². The summed E-state index contributed by atoms with van der Waals surface area (Å²) in [6.45, 7) is 6.34. The molecule has 0 aliphatic rings. The highest BCUT2D eigenvalue weighted by Crippen LogP contribution is 2.32. The van der Waals surface area contributed by atoms with Crippen molar-refractivity contribution in [1.82, 2.24) is 10.2 Å². The van der Waals surface area contributed by atoms with E-state index >= 15 is 0 Å². The molecule has 0 saturated carbocycles. The number of halogens is 1. The number of nitrogen functional groups attached to an aromatic ring is 1. The second-order valence-corrected chi connectivity index (χ2v) is 5.45. The van der Waals surface area contributed by atoms with Crippen molar-refractivity contribution >= 4 is 17.4 Å². The van der Waals surface area contributed by atoms with E-state index in [9.17, 15) is 0 Å². The van der Waals surface area contributed by atoms with E-state index < -0.39 is 0 Å². The number of nitrogens with one attached hydrogen (secondary N) is 1. The number of benzene rings is 1. The van der Waals surface area contributed by atoms with Crippen molar-refractivity contribution < 1.29 is 0 Å². The minimum absolute atomic E-state index is 0.521. The van der Waals surface area contributed by atoms with Crippen molar-refractivity contribution in [3.63, 3.8) is 0 Å². The molecule has 1 aromatic heterocycles. The summed E-state index contributed by atoms with van der Waals surface area (Å²) in [6, 6.07) is 6.00. The van der Waals surface area contributed by atoms with Crippen LogP contribution in [-0.4, -0.2) is 10.2 Å². The summed E-state index contributed by atoms with van der Waals surface area (Å²) < 4.78 is 0. The summed E-state index contributed by atoms with van der Waals surface area (Å²) in [5.74, 6) is 1.09. The first kappa shape index (κ1) is 13.0. The van der Waals surface area contributed by atoms with Crippen LogP contribution in [-0.2, 0) is 6.42 Å². The molecule has 0 radical (unpaired) electrons. The number of hydrogen-bond donors (Lipinski definition) is 2. The van der Waals surface area contributed by atoms with Crippen molar-refractivity contribution in [2.45, 2.75) is 27.2 Å². The van der Waals surface area contributed by atoms with Crippen molar-refractivity contribution in [3.8, 4) is 11.3 Å². The summed E-state index contributed by atoms with van der Waals surface area (Å²) in [7, 11) is 0. The number of H-pyrrole nitrogens is 1.